The van der Waals surface area contributed by atoms with Crippen molar-refractivity contribution in [1.29, 1.82) is 0 Å². The summed E-state index contributed by atoms with van der Waals surface area (Å²) < 4.78 is 10.7. The van der Waals surface area contributed by atoms with E-state index < -0.39 is 0 Å². The van der Waals surface area contributed by atoms with Crippen LogP contribution in [-0.2, 0) is 0 Å². The minimum atomic E-state index is 0.279. The third-order valence-corrected chi connectivity index (χ3v) is 3.20. The quantitative estimate of drug-likeness (QED) is 0.895. The maximum Gasteiger partial charge on any atom is 0.231 e. The first kappa shape index (κ1) is 11.6. The number of ether oxygens (including phenoxy) is 2. The summed E-state index contributed by atoms with van der Waals surface area (Å²) in [5, 5.41) is 0. The van der Waals surface area contributed by atoms with E-state index in [1.54, 1.807) is 0 Å². The molecular weight excluding hydrogens is 242 g/mol. The number of nitrogens with two attached hydrogens (primary N) is 1. The van der Waals surface area contributed by atoms with Gasteiger partial charge in [0.1, 0.15) is 5.82 Å². The molecule has 0 spiro atoms. The Kier molecular flexibility index (Phi) is 2.67. The molecule has 0 bridgehead atoms. The minimum Gasteiger partial charge on any atom is -0.454 e. The highest BCUT2D eigenvalue weighted by molar-refractivity contribution is 5.65. The Morgan fingerprint density at radius 3 is 2.74 bits per heavy atom. The van der Waals surface area contributed by atoms with Crippen molar-refractivity contribution in [3.05, 3.63) is 36.0 Å². The fourth-order valence-electron chi connectivity index (χ4n) is 1.97. The largest absolute Gasteiger partial charge is 0.454 e. The van der Waals surface area contributed by atoms with Gasteiger partial charge in [0.2, 0.25) is 6.79 Å². The molecule has 2 aromatic rings. The summed E-state index contributed by atoms with van der Waals surface area (Å²) in [6, 6.07) is 9.57. The average Bonchev–Trinajstić information content (AvgIpc) is 2.88. The van der Waals surface area contributed by atoms with E-state index in [0.717, 1.165) is 28.7 Å². The minimum absolute atomic E-state index is 0.279. The highest BCUT2D eigenvalue weighted by Crippen LogP contribution is 2.36. The third-order valence-electron chi connectivity index (χ3n) is 3.20. The number of aromatic nitrogens is 1. The first-order chi connectivity index (χ1) is 9.15. The van der Waals surface area contributed by atoms with Gasteiger partial charge in [-0.15, -0.1) is 0 Å². The van der Waals surface area contributed by atoms with Crippen LogP contribution in [0, 0.1) is 6.92 Å². The summed E-state index contributed by atoms with van der Waals surface area (Å²) in [5.41, 5.74) is 8.29. The fraction of sp³-hybridized carbons (Fsp3) is 0.214. The molecule has 98 valence electrons. The average molecular weight is 257 g/mol. The predicted molar refractivity (Wildman–Crippen MR) is 74.0 cm³/mol. The number of pyridine rings is 1. The van der Waals surface area contributed by atoms with E-state index in [2.05, 4.69) is 4.98 Å². The molecular formula is C14H15N3O2. The molecule has 2 N–H and O–H groups in total. The number of hydrogen-bond acceptors (Lipinski definition) is 5. The zero-order valence-electron chi connectivity index (χ0n) is 10.9. The first-order valence-electron chi connectivity index (χ1n) is 6.01. The van der Waals surface area contributed by atoms with Gasteiger partial charge in [0.25, 0.3) is 0 Å². The number of nitrogen functional groups attached to an aromatic ring is 1. The molecule has 1 aromatic heterocycles. The van der Waals surface area contributed by atoms with Crippen LogP contribution < -0.4 is 20.1 Å². The van der Waals surface area contributed by atoms with Gasteiger partial charge in [-0.1, -0.05) is 0 Å². The van der Waals surface area contributed by atoms with E-state index in [4.69, 9.17) is 15.2 Å². The second-order valence-corrected chi connectivity index (χ2v) is 4.44. The molecule has 1 aromatic carbocycles. The molecule has 1 aliphatic rings. The lowest BCUT2D eigenvalue weighted by Crippen LogP contribution is -2.12. The number of fused-ring (bicyclic) bond motifs is 1. The van der Waals surface area contributed by atoms with Gasteiger partial charge in [-0.2, -0.15) is 0 Å². The van der Waals surface area contributed by atoms with Gasteiger partial charge in [0.05, 0.1) is 11.4 Å². The summed E-state index contributed by atoms with van der Waals surface area (Å²) in [7, 11) is 1.95. The highest BCUT2D eigenvalue weighted by atomic mass is 16.7. The van der Waals surface area contributed by atoms with Crippen molar-refractivity contribution < 1.29 is 9.47 Å². The van der Waals surface area contributed by atoms with E-state index in [1.165, 1.54) is 0 Å². The lowest BCUT2D eigenvalue weighted by molar-refractivity contribution is 0.174. The van der Waals surface area contributed by atoms with E-state index >= 15 is 0 Å². The van der Waals surface area contributed by atoms with E-state index in [-0.39, 0.29) is 6.79 Å². The Labute approximate surface area is 111 Å². The van der Waals surface area contributed by atoms with E-state index in [1.807, 2.05) is 49.2 Å². The van der Waals surface area contributed by atoms with Crippen molar-refractivity contribution in [2.45, 2.75) is 6.92 Å². The lowest BCUT2D eigenvalue weighted by Gasteiger charge is -2.19. The summed E-state index contributed by atoms with van der Waals surface area (Å²) >= 11 is 0. The van der Waals surface area contributed by atoms with Crippen LogP contribution in [0.1, 0.15) is 5.69 Å². The standard InChI is InChI=1S/C14H15N3O2/c1-9-11(15)4-6-14(16-9)17(2)10-3-5-12-13(7-10)19-8-18-12/h3-7H,8,15H2,1-2H3. The Balaban J connectivity index is 1.94. The van der Waals surface area contributed by atoms with Gasteiger partial charge in [-0.3, -0.25) is 0 Å². The van der Waals surface area contributed by atoms with Gasteiger partial charge in [-0.05, 0) is 31.2 Å². The summed E-state index contributed by atoms with van der Waals surface area (Å²) in [6.07, 6.45) is 0. The van der Waals surface area contributed by atoms with Crippen LogP contribution in [0.2, 0.25) is 0 Å². The van der Waals surface area contributed by atoms with Gasteiger partial charge < -0.3 is 20.1 Å². The number of nitrogens with zero attached hydrogens (tertiary/aromatic N) is 2. The molecule has 0 aliphatic carbocycles. The molecule has 19 heavy (non-hydrogen) atoms. The highest BCUT2D eigenvalue weighted by Gasteiger charge is 2.15. The van der Waals surface area contributed by atoms with Gasteiger partial charge in [-0.25, -0.2) is 4.98 Å². The van der Waals surface area contributed by atoms with E-state index in [9.17, 15) is 0 Å². The zero-order chi connectivity index (χ0) is 13.4. The molecule has 0 saturated carbocycles. The van der Waals surface area contributed by atoms with Crippen molar-refractivity contribution in [2.75, 3.05) is 24.5 Å². The Morgan fingerprint density at radius 1 is 1.16 bits per heavy atom. The summed E-state index contributed by atoms with van der Waals surface area (Å²) in [4.78, 5) is 6.45. The second kappa shape index (κ2) is 4.35. The van der Waals surface area contributed by atoms with Crippen molar-refractivity contribution in [2.24, 2.45) is 0 Å². The van der Waals surface area contributed by atoms with Gasteiger partial charge in [0.15, 0.2) is 11.5 Å². The molecule has 0 unspecified atom stereocenters. The monoisotopic (exact) mass is 257 g/mol. The SMILES string of the molecule is Cc1nc(N(C)c2ccc3c(c2)OCO3)ccc1N. The van der Waals surface area contributed by atoms with Crippen molar-refractivity contribution in [1.82, 2.24) is 4.98 Å². The number of aryl methyl sites for hydroxylation is 1. The maximum atomic E-state index is 5.78. The normalized spacial score (nSPS) is 12.5. The van der Waals surface area contributed by atoms with E-state index in [0.29, 0.717) is 5.69 Å². The van der Waals surface area contributed by atoms with Gasteiger partial charge >= 0.3 is 0 Å². The molecule has 0 atom stereocenters. The maximum absolute atomic E-state index is 5.78. The zero-order valence-corrected chi connectivity index (χ0v) is 10.9. The number of rotatable bonds is 2. The van der Waals surface area contributed by atoms with Crippen LogP contribution in [0.5, 0.6) is 11.5 Å². The predicted octanol–water partition coefficient (Wildman–Crippen LogP) is 2.47. The second-order valence-electron chi connectivity index (χ2n) is 4.44. The van der Waals surface area contributed by atoms with Crippen molar-refractivity contribution in [3.63, 3.8) is 0 Å². The molecule has 0 radical (unpaired) electrons. The molecule has 5 nitrogen and oxygen atoms in total. The molecule has 1 aliphatic heterocycles. The fourth-order valence-corrected chi connectivity index (χ4v) is 1.97. The Bertz CT molecular complexity index is 628. The molecule has 3 rings (SSSR count). The smallest absolute Gasteiger partial charge is 0.231 e. The van der Waals surface area contributed by atoms with Crippen LogP contribution in [-0.4, -0.2) is 18.8 Å². The van der Waals surface area contributed by atoms with Crippen LogP contribution in [0.25, 0.3) is 0 Å². The first-order valence-corrected chi connectivity index (χ1v) is 6.01. The number of benzene rings is 1. The molecule has 0 saturated heterocycles. The van der Waals surface area contributed by atoms with Crippen molar-refractivity contribution >= 4 is 17.2 Å². The molecule has 2 heterocycles. The van der Waals surface area contributed by atoms with Gasteiger partial charge in [0, 0.05) is 18.8 Å². The van der Waals surface area contributed by atoms with Crippen molar-refractivity contribution in [3.8, 4) is 11.5 Å². The Morgan fingerprint density at radius 2 is 1.95 bits per heavy atom. The third kappa shape index (κ3) is 2.03. The summed E-state index contributed by atoms with van der Waals surface area (Å²) in [6.45, 7) is 2.17. The lowest BCUT2D eigenvalue weighted by atomic mass is 10.2. The summed E-state index contributed by atoms with van der Waals surface area (Å²) in [5.74, 6) is 2.38. The Hall–Kier alpha value is -2.43. The van der Waals surface area contributed by atoms with Crippen LogP contribution in [0.3, 0.4) is 0 Å². The molecule has 5 heteroatoms. The van der Waals surface area contributed by atoms with Crippen LogP contribution >= 0.6 is 0 Å². The molecule has 0 fully saturated rings. The molecule has 0 amide bonds. The van der Waals surface area contributed by atoms with Crippen LogP contribution in [0.15, 0.2) is 30.3 Å². The number of hydrogen-bond donors (Lipinski definition) is 1. The van der Waals surface area contributed by atoms with Crippen LogP contribution in [0.4, 0.5) is 17.2 Å². The number of anilines is 3. The topological polar surface area (TPSA) is 60.6 Å².